The van der Waals surface area contributed by atoms with Crippen LogP contribution in [0.1, 0.15) is 12.1 Å². The van der Waals surface area contributed by atoms with Crippen molar-refractivity contribution in [1.29, 1.82) is 0 Å². The number of fused-ring (bicyclic) bond motifs is 1. The van der Waals surface area contributed by atoms with Crippen LogP contribution in [0.3, 0.4) is 0 Å². The molecule has 5 heteroatoms. The second-order valence-corrected chi connectivity index (χ2v) is 5.87. The molecule has 0 bridgehead atoms. The van der Waals surface area contributed by atoms with Crippen LogP contribution in [-0.4, -0.2) is 27.9 Å². The lowest BCUT2D eigenvalue weighted by atomic mass is 9.85. The summed E-state index contributed by atoms with van der Waals surface area (Å²) in [6.07, 6.45) is 6.33. The summed E-state index contributed by atoms with van der Waals surface area (Å²) in [6.45, 7) is 1.73. The van der Waals surface area contributed by atoms with Gasteiger partial charge in [0.15, 0.2) is 4.96 Å². The largest absolute Gasteiger partial charge is 0.381 e. The minimum atomic E-state index is 0.254. The van der Waals surface area contributed by atoms with Gasteiger partial charge in [0.05, 0.1) is 12.3 Å². The van der Waals surface area contributed by atoms with Gasteiger partial charge >= 0.3 is 0 Å². The summed E-state index contributed by atoms with van der Waals surface area (Å²) in [7, 11) is 0. The average molecular weight is 301 g/mol. The van der Waals surface area contributed by atoms with Crippen LogP contribution < -0.4 is 0 Å². The lowest BCUT2D eigenvalue weighted by Gasteiger charge is -2.23. The SMILES string of the molecule is BrCC1(Cc2cn3ccsc3n2)CCOC1. The summed E-state index contributed by atoms with van der Waals surface area (Å²) in [5.74, 6) is 0. The van der Waals surface area contributed by atoms with Crippen molar-refractivity contribution in [3.05, 3.63) is 23.5 Å². The van der Waals surface area contributed by atoms with Gasteiger partial charge in [-0.3, -0.25) is 4.40 Å². The molecule has 1 aliphatic rings. The predicted molar refractivity (Wildman–Crippen MR) is 68.4 cm³/mol. The highest BCUT2D eigenvalue weighted by atomic mass is 79.9. The third kappa shape index (κ3) is 1.81. The number of rotatable bonds is 3. The Morgan fingerprint density at radius 2 is 2.56 bits per heavy atom. The third-order valence-electron chi connectivity index (χ3n) is 3.17. The molecule has 0 amide bonds. The molecule has 0 aromatic carbocycles. The lowest BCUT2D eigenvalue weighted by molar-refractivity contribution is 0.161. The molecule has 0 N–H and O–H groups in total. The van der Waals surface area contributed by atoms with Crippen molar-refractivity contribution in [2.45, 2.75) is 12.8 Å². The van der Waals surface area contributed by atoms with E-state index in [-0.39, 0.29) is 5.41 Å². The van der Waals surface area contributed by atoms with Crippen LogP contribution in [0.15, 0.2) is 17.8 Å². The van der Waals surface area contributed by atoms with E-state index in [4.69, 9.17) is 4.74 Å². The summed E-state index contributed by atoms with van der Waals surface area (Å²) >= 11 is 5.29. The highest BCUT2D eigenvalue weighted by Crippen LogP contribution is 2.34. The summed E-state index contributed by atoms with van der Waals surface area (Å²) in [5.41, 5.74) is 1.43. The van der Waals surface area contributed by atoms with Gasteiger partial charge in [0, 0.05) is 35.1 Å². The molecule has 1 fully saturated rings. The van der Waals surface area contributed by atoms with Crippen molar-refractivity contribution in [2.24, 2.45) is 5.41 Å². The van der Waals surface area contributed by atoms with Crippen LogP contribution >= 0.6 is 27.3 Å². The number of thiazole rings is 1. The maximum absolute atomic E-state index is 5.52. The third-order valence-corrected chi connectivity index (χ3v) is 5.13. The van der Waals surface area contributed by atoms with Crippen molar-refractivity contribution >= 4 is 32.2 Å². The Morgan fingerprint density at radius 1 is 1.62 bits per heavy atom. The number of aromatic nitrogens is 2. The van der Waals surface area contributed by atoms with Gasteiger partial charge in [-0.05, 0) is 12.8 Å². The van der Waals surface area contributed by atoms with E-state index in [1.807, 2.05) is 0 Å². The zero-order valence-electron chi connectivity index (χ0n) is 8.86. The highest BCUT2D eigenvalue weighted by Gasteiger charge is 2.34. The van der Waals surface area contributed by atoms with Crippen LogP contribution in [0.25, 0.3) is 4.96 Å². The average Bonchev–Trinajstić information content (AvgIpc) is 2.93. The fourth-order valence-corrected chi connectivity index (χ4v) is 3.55. The van der Waals surface area contributed by atoms with Crippen LogP contribution in [0.4, 0.5) is 0 Å². The molecule has 0 aliphatic carbocycles. The zero-order valence-corrected chi connectivity index (χ0v) is 11.3. The first kappa shape index (κ1) is 10.7. The molecule has 1 saturated heterocycles. The van der Waals surface area contributed by atoms with Crippen molar-refractivity contribution in [3.8, 4) is 0 Å². The number of ether oxygens (including phenoxy) is 1. The lowest BCUT2D eigenvalue weighted by Crippen LogP contribution is -2.26. The van der Waals surface area contributed by atoms with Crippen LogP contribution in [0.2, 0.25) is 0 Å². The van der Waals surface area contributed by atoms with E-state index in [1.165, 1.54) is 5.69 Å². The van der Waals surface area contributed by atoms with Gasteiger partial charge in [0.1, 0.15) is 0 Å². The zero-order chi connectivity index (χ0) is 11.0. The molecule has 0 spiro atoms. The Balaban J connectivity index is 1.85. The van der Waals surface area contributed by atoms with Gasteiger partial charge in [0.25, 0.3) is 0 Å². The van der Waals surface area contributed by atoms with E-state index in [1.54, 1.807) is 11.3 Å². The molecule has 2 aromatic heterocycles. The molecule has 86 valence electrons. The first-order valence-electron chi connectivity index (χ1n) is 5.36. The summed E-state index contributed by atoms with van der Waals surface area (Å²) in [4.78, 5) is 5.72. The summed E-state index contributed by atoms with van der Waals surface area (Å²) < 4.78 is 7.61. The Kier molecular flexibility index (Phi) is 2.77. The van der Waals surface area contributed by atoms with E-state index in [0.717, 1.165) is 36.3 Å². The van der Waals surface area contributed by atoms with Gasteiger partial charge in [-0.25, -0.2) is 4.98 Å². The van der Waals surface area contributed by atoms with Crippen molar-refractivity contribution < 1.29 is 4.74 Å². The fraction of sp³-hybridized carbons (Fsp3) is 0.545. The van der Waals surface area contributed by atoms with Gasteiger partial charge in [-0.15, -0.1) is 11.3 Å². The molecule has 3 rings (SSSR count). The molecular weight excluding hydrogens is 288 g/mol. The molecule has 0 radical (unpaired) electrons. The number of nitrogens with zero attached hydrogens (tertiary/aromatic N) is 2. The van der Waals surface area contributed by atoms with Gasteiger partial charge in [-0.2, -0.15) is 0 Å². The van der Waals surface area contributed by atoms with Crippen LogP contribution in [0, 0.1) is 5.41 Å². The van der Waals surface area contributed by atoms with Gasteiger partial charge in [0.2, 0.25) is 0 Å². The van der Waals surface area contributed by atoms with Gasteiger partial charge in [-0.1, -0.05) is 15.9 Å². The summed E-state index contributed by atoms with van der Waals surface area (Å²) in [5, 5.41) is 3.05. The van der Waals surface area contributed by atoms with Crippen LogP contribution in [0.5, 0.6) is 0 Å². The number of hydrogen-bond acceptors (Lipinski definition) is 3. The number of hydrogen-bond donors (Lipinski definition) is 0. The Morgan fingerprint density at radius 3 is 3.25 bits per heavy atom. The normalized spacial score (nSPS) is 25.6. The molecule has 16 heavy (non-hydrogen) atoms. The first-order chi connectivity index (χ1) is 7.81. The second kappa shape index (κ2) is 4.13. The number of halogens is 1. The minimum Gasteiger partial charge on any atom is -0.381 e. The maximum Gasteiger partial charge on any atom is 0.193 e. The smallest absolute Gasteiger partial charge is 0.193 e. The van der Waals surface area contributed by atoms with Crippen molar-refractivity contribution in [2.75, 3.05) is 18.5 Å². The summed E-state index contributed by atoms with van der Waals surface area (Å²) in [6, 6.07) is 0. The van der Waals surface area contributed by atoms with E-state index in [9.17, 15) is 0 Å². The molecule has 0 saturated carbocycles. The molecule has 1 aliphatic heterocycles. The molecule has 3 nitrogen and oxygen atoms in total. The number of alkyl halides is 1. The Hall–Kier alpha value is -0.390. The second-order valence-electron chi connectivity index (χ2n) is 4.44. The standard InChI is InChI=1S/C11H13BrN2OS/c12-7-11(1-3-15-8-11)5-9-6-14-2-4-16-10(14)13-9/h2,4,6H,1,3,5,7-8H2. The van der Waals surface area contributed by atoms with E-state index >= 15 is 0 Å². The maximum atomic E-state index is 5.52. The molecule has 1 unspecified atom stereocenters. The van der Waals surface area contributed by atoms with E-state index in [2.05, 4.69) is 43.1 Å². The van der Waals surface area contributed by atoms with E-state index < -0.39 is 0 Å². The van der Waals surface area contributed by atoms with Gasteiger partial charge < -0.3 is 4.74 Å². The monoisotopic (exact) mass is 300 g/mol. The fourth-order valence-electron chi connectivity index (χ4n) is 2.19. The minimum absolute atomic E-state index is 0.254. The highest BCUT2D eigenvalue weighted by molar-refractivity contribution is 9.09. The quantitative estimate of drug-likeness (QED) is 0.815. The number of imidazole rings is 1. The van der Waals surface area contributed by atoms with Crippen LogP contribution in [-0.2, 0) is 11.2 Å². The molecule has 2 aromatic rings. The Bertz CT molecular complexity index is 458. The van der Waals surface area contributed by atoms with Crippen molar-refractivity contribution in [3.63, 3.8) is 0 Å². The molecular formula is C11H13BrN2OS. The predicted octanol–water partition coefficient (Wildman–Crippen LogP) is 2.74. The molecule has 1 atom stereocenters. The first-order valence-corrected chi connectivity index (χ1v) is 7.36. The topological polar surface area (TPSA) is 26.5 Å². The Labute approximate surface area is 107 Å². The van der Waals surface area contributed by atoms with E-state index in [0.29, 0.717) is 0 Å². The van der Waals surface area contributed by atoms with Crippen molar-refractivity contribution in [1.82, 2.24) is 9.38 Å². The molecule has 3 heterocycles.